The Morgan fingerprint density at radius 1 is 1.38 bits per heavy atom. The molecule has 0 radical (unpaired) electrons. The van der Waals surface area contributed by atoms with E-state index in [1.165, 1.54) is 6.21 Å². The summed E-state index contributed by atoms with van der Waals surface area (Å²) in [5, 5.41) is 11.3. The number of methoxy groups -OCH3 is 1. The Bertz CT molecular complexity index is 316. The number of hydrogen-bond donors (Lipinski definition) is 1. The first-order valence-electron chi connectivity index (χ1n) is 3.39. The van der Waals surface area contributed by atoms with Crippen LogP contribution in [0.4, 0.5) is 0 Å². The molecule has 0 heterocycles. The number of nitrogens with zero attached hydrogens (tertiary/aromatic N) is 1. The Labute approximate surface area is 92.7 Å². The van der Waals surface area contributed by atoms with Crippen LogP contribution in [-0.2, 0) is 0 Å². The van der Waals surface area contributed by atoms with E-state index >= 15 is 0 Å². The van der Waals surface area contributed by atoms with Crippen molar-refractivity contribution in [2.75, 3.05) is 7.11 Å². The molecule has 0 spiro atoms. The van der Waals surface area contributed by atoms with E-state index in [-0.39, 0.29) is 0 Å². The van der Waals surface area contributed by atoms with E-state index in [2.05, 4.69) is 37.0 Å². The van der Waals surface area contributed by atoms with Gasteiger partial charge in [0, 0.05) is 0 Å². The molecule has 0 aliphatic rings. The average molecular weight is 309 g/mol. The van der Waals surface area contributed by atoms with Crippen LogP contribution in [0.25, 0.3) is 0 Å². The first-order valence-corrected chi connectivity index (χ1v) is 4.98. The molecule has 0 fully saturated rings. The molecule has 1 aromatic carbocycles. The predicted molar refractivity (Wildman–Crippen MR) is 57.8 cm³/mol. The van der Waals surface area contributed by atoms with Gasteiger partial charge < -0.3 is 9.94 Å². The Morgan fingerprint density at radius 2 is 1.92 bits per heavy atom. The number of ether oxygens (including phenoxy) is 1. The third-order valence-corrected chi connectivity index (χ3v) is 2.61. The maximum Gasteiger partial charge on any atom is 0.147 e. The predicted octanol–water partition coefficient (Wildman–Crippen LogP) is 3.03. The minimum Gasteiger partial charge on any atom is -0.494 e. The highest BCUT2D eigenvalue weighted by molar-refractivity contribution is 9.11. The molecule has 0 bridgehead atoms. The number of hydrogen-bond acceptors (Lipinski definition) is 3. The fraction of sp³-hybridized carbons (Fsp3) is 0.125. The topological polar surface area (TPSA) is 41.8 Å². The van der Waals surface area contributed by atoms with Crippen LogP contribution in [0.15, 0.2) is 26.2 Å². The standard InChI is InChI=1S/C8H7Br2NO2/c1-13-8-6(9)2-5(4-11-12)3-7(8)10/h2-4,12H,1H3/b11-4-. The smallest absolute Gasteiger partial charge is 0.147 e. The normalized spacial score (nSPS) is 10.7. The minimum atomic E-state index is 0.718. The molecule has 0 aliphatic carbocycles. The lowest BCUT2D eigenvalue weighted by molar-refractivity contribution is 0.322. The van der Waals surface area contributed by atoms with Crippen LogP contribution in [-0.4, -0.2) is 18.5 Å². The van der Waals surface area contributed by atoms with Crippen LogP contribution < -0.4 is 4.74 Å². The van der Waals surface area contributed by atoms with Gasteiger partial charge in [-0.25, -0.2) is 0 Å². The lowest BCUT2D eigenvalue weighted by Gasteiger charge is -2.06. The number of oxime groups is 1. The van der Waals surface area contributed by atoms with E-state index in [0.717, 1.165) is 20.3 Å². The van der Waals surface area contributed by atoms with Gasteiger partial charge in [0.2, 0.25) is 0 Å². The van der Waals surface area contributed by atoms with Gasteiger partial charge in [-0.05, 0) is 49.6 Å². The fourth-order valence-corrected chi connectivity index (χ4v) is 2.46. The van der Waals surface area contributed by atoms with Gasteiger partial charge in [-0.15, -0.1) is 0 Å². The number of benzene rings is 1. The summed E-state index contributed by atoms with van der Waals surface area (Å²) in [4.78, 5) is 0. The summed E-state index contributed by atoms with van der Waals surface area (Å²) in [6, 6.07) is 3.59. The van der Waals surface area contributed by atoms with E-state index in [0.29, 0.717) is 0 Å². The summed E-state index contributed by atoms with van der Waals surface area (Å²) < 4.78 is 6.72. The Hall–Kier alpha value is -0.550. The largest absolute Gasteiger partial charge is 0.494 e. The van der Waals surface area contributed by atoms with Gasteiger partial charge in [0.05, 0.1) is 22.3 Å². The minimum absolute atomic E-state index is 0.718. The summed E-state index contributed by atoms with van der Waals surface area (Å²) in [6.45, 7) is 0. The van der Waals surface area contributed by atoms with Gasteiger partial charge in [-0.1, -0.05) is 5.16 Å². The van der Waals surface area contributed by atoms with Crippen molar-refractivity contribution in [3.8, 4) is 5.75 Å². The maximum absolute atomic E-state index is 8.34. The first kappa shape index (κ1) is 10.5. The van der Waals surface area contributed by atoms with Crippen LogP contribution in [0.5, 0.6) is 5.75 Å². The molecule has 70 valence electrons. The van der Waals surface area contributed by atoms with E-state index in [1.54, 1.807) is 19.2 Å². The lowest BCUT2D eigenvalue weighted by Crippen LogP contribution is -1.89. The molecule has 0 amide bonds. The summed E-state index contributed by atoms with van der Waals surface area (Å²) in [7, 11) is 1.59. The van der Waals surface area contributed by atoms with Gasteiger partial charge in [0.15, 0.2) is 0 Å². The maximum atomic E-state index is 8.34. The van der Waals surface area contributed by atoms with Gasteiger partial charge in [0.1, 0.15) is 5.75 Å². The van der Waals surface area contributed by atoms with Crippen molar-refractivity contribution < 1.29 is 9.94 Å². The zero-order valence-electron chi connectivity index (χ0n) is 6.79. The van der Waals surface area contributed by atoms with Crippen molar-refractivity contribution >= 4 is 38.1 Å². The molecule has 0 unspecified atom stereocenters. The fourth-order valence-electron chi connectivity index (χ4n) is 0.916. The Kier molecular flexibility index (Phi) is 3.74. The third-order valence-electron chi connectivity index (χ3n) is 1.43. The van der Waals surface area contributed by atoms with Crippen LogP contribution in [0.1, 0.15) is 5.56 Å². The molecule has 0 saturated heterocycles. The summed E-state index contributed by atoms with van der Waals surface area (Å²) in [6.07, 6.45) is 1.34. The second-order valence-electron chi connectivity index (χ2n) is 2.26. The zero-order valence-corrected chi connectivity index (χ0v) is 9.96. The summed E-state index contributed by atoms with van der Waals surface area (Å²) >= 11 is 6.66. The highest BCUT2D eigenvalue weighted by Gasteiger charge is 2.06. The lowest BCUT2D eigenvalue weighted by atomic mass is 10.2. The van der Waals surface area contributed by atoms with Crippen LogP contribution in [0.3, 0.4) is 0 Å². The molecule has 0 aromatic heterocycles. The molecule has 0 saturated carbocycles. The first-order chi connectivity index (χ1) is 6.19. The van der Waals surface area contributed by atoms with Crippen LogP contribution in [0.2, 0.25) is 0 Å². The molecule has 1 aromatic rings. The summed E-state index contributed by atoms with van der Waals surface area (Å²) in [5.74, 6) is 0.718. The average Bonchev–Trinajstić information content (AvgIpc) is 2.04. The van der Waals surface area contributed by atoms with Crippen molar-refractivity contribution in [2.45, 2.75) is 0 Å². The highest BCUT2D eigenvalue weighted by atomic mass is 79.9. The molecular formula is C8H7Br2NO2. The third kappa shape index (κ3) is 2.45. The van der Waals surface area contributed by atoms with E-state index in [9.17, 15) is 0 Å². The second-order valence-corrected chi connectivity index (χ2v) is 3.97. The SMILES string of the molecule is COc1c(Br)cc(/C=N\O)cc1Br. The highest BCUT2D eigenvalue weighted by Crippen LogP contribution is 2.33. The number of halogens is 2. The molecule has 3 nitrogen and oxygen atoms in total. The van der Waals surface area contributed by atoms with Crippen molar-refractivity contribution in [3.05, 3.63) is 26.6 Å². The zero-order chi connectivity index (χ0) is 9.84. The summed E-state index contributed by atoms with van der Waals surface area (Å²) in [5.41, 5.74) is 0.780. The van der Waals surface area contributed by atoms with E-state index in [4.69, 9.17) is 9.94 Å². The van der Waals surface area contributed by atoms with E-state index < -0.39 is 0 Å². The van der Waals surface area contributed by atoms with Gasteiger partial charge in [0.25, 0.3) is 0 Å². The van der Waals surface area contributed by atoms with Crippen LogP contribution in [0, 0.1) is 0 Å². The van der Waals surface area contributed by atoms with E-state index in [1.807, 2.05) is 0 Å². The van der Waals surface area contributed by atoms with Crippen molar-refractivity contribution in [1.29, 1.82) is 0 Å². The van der Waals surface area contributed by atoms with Crippen molar-refractivity contribution in [1.82, 2.24) is 0 Å². The Balaban J connectivity index is 3.20. The number of rotatable bonds is 2. The molecule has 0 aliphatic heterocycles. The van der Waals surface area contributed by atoms with Gasteiger partial charge in [-0.3, -0.25) is 0 Å². The molecule has 1 rings (SSSR count). The molecule has 1 N–H and O–H groups in total. The van der Waals surface area contributed by atoms with Gasteiger partial charge >= 0.3 is 0 Å². The second kappa shape index (κ2) is 4.62. The molecular weight excluding hydrogens is 302 g/mol. The van der Waals surface area contributed by atoms with Crippen molar-refractivity contribution in [3.63, 3.8) is 0 Å². The molecule has 5 heteroatoms. The Morgan fingerprint density at radius 3 is 2.31 bits per heavy atom. The monoisotopic (exact) mass is 307 g/mol. The quantitative estimate of drug-likeness (QED) is 0.518. The van der Waals surface area contributed by atoms with Crippen molar-refractivity contribution in [2.24, 2.45) is 5.16 Å². The molecule has 0 atom stereocenters. The van der Waals surface area contributed by atoms with Crippen LogP contribution >= 0.6 is 31.9 Å². The van der Waals surface area contributed by atoms with Gasteiger partial charge in [-0.2, -0.15) is 0 Å². The molecule has 13 heavy (non-hydrogen) atoms.